The van der Waals surface area contributed by atoms with Crippen molar-refractivity contribution in [3.05, 3.63) is 35.2 Å². The molecule has 0 saturated heterocycles. The summed E-state index contributed by atoms with van der Waals surface area (Å²) >= 11 is 5.67. The van der Waals surface area contributed by atoms with Gasteiger partial charge >= 0.3 is 0 Å². The van der Waals surface area contributed by atoms with Gasteiger partial charge in [0.2, 0.25) is 0 Å². The van der Waals surface area contributed by atoms with Crippen molar-refractivity contribution in [3.63, 3.8) is 0 Å². The molecule has 2 aromatic heterocycles. The number of nitrogens with one attached hydrogen (secondary N) is 1. The molecule has 0 aliphatic carbocycles. The van der Waals surface area contributed by atoms with Crippen LogP contribution in [0.25, 0.3) is 11.3 Å². The summed E-state index contributed by atoms with van der Waals surface area (Å²) in [5.74, 6) is 0. The average molecular weight is 194 g/mol. The maximum Gasteiger partial charge on any atom is 0.129 e. The predicted molar refractivity (Wildman–Crippen MR) is 51.6 cm³/mol. The molecule has 0 spiro atoms. The number of rotatable bonds is 1. The van der Waals surface area contributed by atoms with Gasteiger partial charge in [-0.05, 0) is 25.1 Å². The van der Waals surface area contributed by atoms with Gasteiger partial charge in [-0.1, -0.05) is 11.6 Å². The molecule has 0 unspecified atom stereocenters. The number of hydrogen-bond acceptors (Lipinski definition) is 2. The Kier molecular flexibility index (Phi) is 2.02. The number of aromatic nitrogens is 3. The van der Waals surface area contributed by atoms with Crippen LogP contribution in [0.2, 0.25) is 5.15 Å². The smallest absolute Gasteiger partial charge is 0.129 e. The summed E-state index contributed by atoms with van der Waals surface area (Å²) < 4.78 is 0. The van der Waals surface area contributed by atoms with E-state index < -0.39 is 0 Å². The molecule has 13 heavy (non-hydrogen) atoms. The fourth-order valence-corrected chi connectivity index (χ4v) is 1.21. The highest BCUT2D eigenvalue weighted by Gasteiger charge is 2.01. The number of pyridine rings is 1. The molecule has 0 aromatic carbocycles. The lowest BCUT2D eigenvalue weighted by Gasteiger charge is -1.93. The van der Waals surface area contributed by atoms with Crippen LogP contribution in [0.1, 0.15) is 5.69 Å². The first-order valence-electron chi connectivity index (χ1n) is 3.89. The maximum absolute atomic E-state index is 5.67. The van der Waals surface area contributed by atoms with Gasteiger partial charge in [-0.2, -0.15) is 5.10 Å². The summed E-state index contributed by atoms with van der Waals surface area (Å²) in [5, 5.41) is 7.47. The first-order valence-corrected chi connectivity index (χ1v) is 4.27. The van der Waals surface area contributed by atoms with Gasteiger partial charge in [-0.15, -0.1) is 0 Å². The second kappa shape index (κ2) is 3.18. The fraction of sp³-hybridized carbons (Fsp3) is 0.111. The molecule has 1 N–H and O–H groups in total. The first-order chi connectivity index (χ1) is 6.25. The SMILES string of the molecule is Cc1cc(-c2ccc(Cl)nc2)n[nH]1. The summed E-state index contributed by atoms with van der Waals surface area (Å²) in [6.45, 7) is 1.96. The van der Waals surface area contributed by atoms with E-state index in [1.54, 1.807) is 12.3 Å². The van der Waals surface area contributed by atoms with Crippen LogP contribution in [-0.2, 0) is 0 Å². The van der Waals surface area contributed by atoms with Crippen molar-refractivity contribution in [2.75, 3.05) is 0 Å². The van der Waals surface area contributed by atoms with Crippen molar-refractivity contribution < 1.29 is 0 Å². The van der Waals surface area contributed by atoms with Crippen molar-refractivity contribution in [2.24, 2.45) is 0 Å². The van der Waals surface area contributed by atoms with Gasteiger partial charge in [0.15, 0.2) is 0 Å². The Balaban J connectivity index is 2.41. The lowest BCUT2D eigenvalue weighted by atomic mass is 10.2. The van der Waals surface area contributed by atoms with Crippen LogP contribution in [0.4, 0.5) is 0 Å². The minimum absolute atomic E-state index is 0.496. The molecular formula is C9H8ClN3. The maximum atomic E-state index is 5.67. The zero-order valence-electron chi connectivity index (χ0n) is 7.08. The predicted octanol–water partition coefficient (Wildman–Crippen LogP) is 2.43. The number of aromatic amines is 1. The van der Waals surface area contributed by atoms with E-state index in [-0.39, 0.29) is 0 Å². The highest BCUT2D eigenvalue weighted by atomic mass is 35.5. The largest absolute Gasteiger partial charge is 0.282 e. The summed E-state index contributed by atoms with van der Waals surface area (Å²) in [5.41, 5.74) is 2.89. The van der Waals surface area contributed by atoms with E-state index in [1.807, 2.05) is 19.1 Å². The van der Waals surface area contributed by atoms with E-state index in [1.165, 1.54) is 0 Å². The van der Waals surface area contributed by atoms with E-state index in [9.17, 15) is 0 Å². The summed E-state index contributed by atoms with van der Waals surface area (Å²) in [4.78, 5) is 3.98. The second-order valence-electron chi connectivity index (χ2n) is 2.81. The highest BCUT2D eigenvalue weighted by Crippen LogP contribution is 2.17. The third-order valence-corrected chi connectivity index (χ3v) is 1.95. The molecule has 2 heterocycles. The van der Waals surface area contributed by atoms with Gasteiger partial charge in [0.05, 0.1) is 5.69 Å². The lowest BCUT2D eigenvalue weighted by Crippen LogP contribution is -1.79. The third-order valence-electron chi connectivity index (χ3n) is 1.73. The molecule has 0 fully saturated rings. The Morgan fingerprint density at radius 2 is 2.23 bits per heavy atom. The van der Waals surface area contributed by atoms with Gasteiger partial charge in [-0.3, -0.25) is 5.10 Å². The standard InChI is InChI=1S/C9H8ClN3/c1-6-4-8(13-12-6)7-2-3-9(10)11-5-7/h2-5H,1H3,(H,12,13). The molecule has 0 radical (unpaired) electrons. The van der Waals surface area contributed by atoms with Crippen molar-refractivity contribution in [2.45, 2.75) is 6.92 Å². The van der Waals surface area contributed by atoms with Gasteiger partial charge < -0.3 is 0 Å². The van der Waals surface area contributed by atoms with Crippen LogP contribution in [0.3, 0.4) is 0 Å². The van der Waals surface area contributed by atoms with Crippen molar-refractivity contribution in [3.8, 4) is 11.3 Å². The summed E-state index contributed by atoms with van der Waals surface area (Å²) in [6.07, 6.45) is 1.71. The van der Waals surface area contributed by atoms with Crippen molar-refractivity contribution in [1.82, 2.24) is 15.2 Å². The van der Waals surface area contributed by atoms with Gasteiger partial charge in [0.25, 0.3) is 0 Å². The molecule has 0 amide bonds. The Labute approximate surface area is 80.8 Å². The van der Waals surface area contributed by atoms with E-state index in [2.05, 4.69) is 15.2 Å². The molecule has 66 valence electrons. The molecular weight excluding hydrogens is 186 g/mol. The number of H-pyrrole nitrogens is 1. The molecule has 4 heteroatoms. The minimum atomic E-state index is 0.496. The summed E-state index contributed by atoms with van der Waals surface area (Å²) in [6, 6.07) is 5.61. The molecule has 0 aliphatic rings. The second-order valence-corrected chi connectivity index (χ2v) is 3.19. The Morgan fingerprint density at radius 1 is 1.38 bits per heavy atom. The van der Waals surface area contributed by atoms with Gasteiger partial charge in [0, 0.05) is 17.5 Å². The molecule has 0 aliphatic heterocycles. The molecule has 0 atom stereocenters. The zero-order valence-corrected chi connectivity index (χ0v) is 7.84. The Bertz CT molecular complexity index is 405. The van der Waals surface area contributed by atoms with Gasteiger partial charge in [0.1, 0.15) is 5.15 Å². The van der Waals surface area contributed by atoms with E-state index in [4.69, 9.17) is 11.6 Å². The van der Waals surface area contributed by atoms with E-state index in [0.717, 1.165) is 17.0 Å². The van der Waals surface area contributed by atoms with Crippen LogP contribution in [0.5, 0.6) is 0 Å². The van der Waals surface area contributed by atoms with Crippen LogP contribution in [-0.4, -0.2) is 15.2 Å². The quantitative estimate of drug-likeness (QED) is 0.707. The number of aryl methyl sites for hydroxylation is 1. The first kappa shape index (κ1) is 8.26. The topological polar surface area (TPSA) is 41.6 Å². The van der Waals surface area contributed by atoms with Crippen molar-refractivity contribution in [1.29, 1.82) is 0 Å². The van der Waals surface area contributed by atoms with E-state index >= 15 is 0 Å². The number of hydrogen-bond donors (Lipinski definition) is 1. The van der Waals surface area contributed by atoms with Crippen molar-refractivity contribution >= 4 is 11.6 Å². The zero-order chi connectivity index (χ0) is 9.26. The van der Waals surface area contributed by atoms with Crippen LogP contribution >= 0.6 is 11.6 Å². The Hall–Kier alpha value is -1.35. The number of nitrogens with zero attached hydrogens (tertiary/aromatic N) is 2. The van der Waals surface area contributed by atoms with Gasteiger partial charge in [-0.25, -0.2) is 4.98 Å². The van der Waals surface area contributed by atoms with Crippen LogP contribution in [0, 0.1) is 6.92 Å². The molecule has 0 saturated carbocycles. The third kappa shape index (κ3) is 1.70. The fourth-order valence-electron chi connectivity index (χ4n) is 1.09. The summed E-state index contributed by atoms with van der Waals surface area (Å²) in [7, 11) is 0. The molecule has 2 rings (SSSR count). The average Bonchev–Trinajstić information content (AvgIpc) is 2.53. The Morgan fingerprint density at radius 3 is 2.77 bits per heavy atom. The number of halogens is 1. The molecule has 2 aromatic rings. The van der Waals surface area contributed by atoms with Crippen LogP contribution < -0.4 is 0 Å². The molecule has 3 nitrogen and oxygen atoms in total. The normalized spacial score (nSPS) is 10.3. The minimum Gasteiger partial charge on any atom is -0.282 e. The van der Waals surface area contributed by atoms with Crippen LogP contribution in [0.15, 0.2) is 24.4 Å². The van der Waals surface area contributed by atoms with E-state index in [0.29, 0.717) is 5.15 Å². The molecule has 0 bridgehead atoms. The lowest BCUT2D eigenvalue weighted by molar-refractivity contribution is 1.05. The highest BCUT2D eigenvalue weighted by molar-refractivity contribution is 6.29. The monoisotopic (exact) mass is 193 g/mol.